The van der Waals surface area contributed by atoms with Crippen LogP contribution in [0.4, 0.5) is 0 Å². The molecule has 2 rings (SSSR count). The monoisotopic (exact) mass is 262 g/mol. The van der Waals surface area contributed by atoms with E-state index in [4.69, 9.17) is 11.6 Å². The third-order valence-electron chi connectivity index (χ3n) is 2.11. The molecule has 0 saturated carbocycles. The summed E-state index contributed by atoms with van der Waals surface area (Å²) in [6.45, 7) is 0.961. The van der Waals surface area contributed by atoms with Crippen molar-refractivity contribution in [1.82, 2.24) is 9.55 Å². The minimum absolute atomic E-state index is 0. The minimum Gasteiger partial charge on any atom is -0.333 e. The number of hydrogen-bond donors (Lipinski definition) is 0. The van der Waals surface area contributed by atoms with Crippen molar-refractivity contribution in [1.29, 1.82) is 0 Å². The number of imidazole rings is 1. The molecule has 0 N–H and O–H groups in total. The van der Waals surface area contributed by atoms with Crippen LogP contribution in [0.1, 0.15) is 10.6 Å². The fourth-order valence-corrected chi connectivity index (χ4v) is 2.27. The summed E-state index contributed by atoms with van der Waals surface area (Å²) in [4.78, 5) is 5.48. The van der Waals surface area contributed by atoms with E-state index in [2.05, 4.69) is 27.1 Å². The summed E-state index contributed by atoms with van der Waals surface area (Å²) in [6, 6.07) is 4.23. The minimum atomic E-state index is 0. The molecule has 0 radical (unpaired) electrons. The summed E-state index contributed by atoms with van der Waals surface area (Å²) in [5.41, 5.74) is 1.09. The van der Waals surface area contributed by atoms with Gasteiger partial charge in [-0.25, -0.2) is 4.98 Å². The van der Waals surface area contributed by atoms with Crippen LogP contribution in [0.15, 0.2) is 30.0 Å². The Hall–Kier alpha value is -0.510. The molecule has 5 heteroatoms. The van der Waals surface area contributed by atoms with Crippen LogP contribution in [-0.2, 0) is 18.8 Å². The second-order valence-corrected chi connectivity index (χ2v) is 4.34. The highest BCUT2D eigenvalue weighted by Crippen LogP contribution is 2.11. The van der Waals surface area contributed by atoms with Crippen LogP contribution in [0.2, 0.25) is 0 Å². The number of thiophene rings is 1. The molecule has 0 unspecified atom stereocenters. The van der Waals surface area contributed by atoms with Gasteiger partial charge in [0.25, 0.3) is 0 Å². The second-order valence-electron chi connectivity index (χ2n) is 3.04. The zero-order valence-corrected chi connectivity index (χ0v) is 10.5. The molecule has 0 aromatic carbocycles. The van der Waals surface area contributed by atoms with E-state index in [9.17, 15) is 0 Å². The number of halogens is 2. The van der Waals surface area contributed by atoms with Gasteiger partial charge in [0.1, 0.15) is 0 Å². The maximum atomic E-state index is 5.78. The molecule has 2 aromatic heterocycles. The van der Waals surface area contributed by atoms with Crippen LogP contribution >= 0.6 is 35.3 Å². The normalized spacial score (nSPS) is 9.93. The van der Waals surface area contributed by atoms with Gasteiger partial charge < -0.3 is 4.57 Å². The fourth-order valence-electron chi connectivity index (χ4n) is 1.35. The maximum absolute atomic E-state index is 5.78. The first-order valence-corrected chi connectivity index (χ1v) is 5.89. The van der Waals surface area contributed by atoms with Gasteiger partial charge in [-0.1, -0.05) is 6.07 Å². The van der Waals surface area contributed by atoms with Crippen molar-refractivity contribution in [2.45, 2.75) is 18.8 Å². The van der Waals surface area contributed by atoms with E-state index in [0.717, 1.165) is 18.7 Å². The van der Waals surface area contributed by atoms with Gasteiger partial charge in [-0.05, 0) is 17.9 Å². The topological polar surface area (TPSA) is 17.8 Å². The van der Waals surface area contributed by atoms with E-state index in [0.29, 0.717) is 5.88 Å². The van der Waals surface area contributed by atoms with Crippen molar-refractivity contribution in [3.63, 3.8) is 0 Å². The molecule has 0 fully saturated rings. The Kier molecular flexibility index (Phi) is 5.15. The van der Waals surface area contributed by atoms with Gasteiger partial charge in [-0.3, -0.25) is 0 Å². The van der Waals surface area contributed by atoms with E-state index < -0.39 is 0 Å². The van der Waals surface area contributed by atoms with Gasteiger partial charge >= 0.3 is 0 Å². The smallest absolute Gasteiger partial charge is 0.0948 e. The van der Waals surface area contributed by atoms with Crippen molar-refractivity contribution in [2.75, 3.05) is 0 Å². The molecule has 0 spiro atoms. The lowest BCUT2D eigenvalue weighted by Gasteiger charge is -2.03. The van der Waals surface area contributed by atoms with Crippen LogP contribution in [0, 0.1) is 0 Å². The second kappa shape index (κ2) is 6.16. The zero-order chi connectivity index (χ0) is 9.80. The first kappa shape index (κ1) is 12.6. The number of alkyl halides is 1. The molecule has 0 aliphatic rings. The predicted octanol–water partition coefficient (Wildman–Crippen LogP) is 3.35. The van der Waals surface area contributed by atoms with Gasteiger partial charge in [-0.15, -0.1) is 35.3 Å². The van der Waals surface area contributed by atoms with Gasteiger partial charge in [0.05, 0.1) is 17.9 Å². The molecule has 0 bridgehead atoms. The highest BCUT2D eigenvalue weighted by atomic mass is 35.5. The molecule has 0 saturated heterocycles. The van der Waals surface area contributed by atoms with Crippen molar-refractivity contribution < 1.29 is 0 Å². The average Bonchev–Trinajstić information content (AvgIpc) is 2.85. The number of rotatable bonds is 4. The van der Waals surface area contributed by atoms with Gasteiger partial charge in [0.15, 0.2) is 0 Å². The molecule has 0 amide bonds. The Morgan fingerprint density at radius 1 is 1.47 bits per heavy atom. The Morgan fingerprint density at radius 2 is 2.33 bits per heavy atom. The lowest BCUT2D eigenvalue weighted by atomic mass is 10.3. The largest absolute Gasteiger partial charge is 0.333 e. The standard InChI is InChI=1S/C10H11ClN2S.ClH/c11-6-9-7-12-8-13(9)4-3-10-2-1-5-14-10;/h1-2,5,7-8H,3-4,6H2;1H. The lowest BCUT2D eigenvalue weighted by Crippen LogP contribution is -2.02. The summed E-state index contributed by atoms with van der Waals surface area (Å²) < 4.78 is 2.10. The number of hydrogen-bond acceptors (Lipinski definition) is 2. The van der Waals surface area contributed by atoms with Gasteiger partial charge in [0.2, 0.25) is 0 Å². The van der Waals surface area contributed by atoms with Crippen LogP contribution < -0.4 is 0 Å². The highest BCUT2D eigenvalue weighted by Gasteiger charge is 2.00. The number of aromatic nitrogens is 2. The SMILES string of the molecule is Cl.ClCc1cncn1CCc1cccs1. The van der Waals surface area contributed by atoms with Crippen LogP contribution in [0.25, 0.3) is 0 Å². The van der Waals surface area contributed by atoms with E-state index in [1.165, 1.54) is 4.88 Å². The zero-order valence-electron chi connectivity index (χ0n) is 8.10. The Bertz CT molecular complexity index is 384. The van der Waals surface area contributed by atoms with Crippen LogP contribution in [0.3, 0.4) is 0 Å². The first-order valence-electron chi connectivity index (χ1n) is 4.47. The third-order valence-corrected chi connectivity index (χ3v) is 3.32. The first-order chi connectivity index (χ1) is 6.90. The van der Waals surface area contributed by atoms with E-state index >= 15 is 0 Å². The molecule has 2 nitrogen and oxygen atoms in total. The summed E-state index contributed by atoms with van der Waals surface area (Å²) >= 11 is 7.57. The predicted molar refractivity (Wildman–Crippen MR) is 67.1 cm³/mol. The van der Waals surface area contributed by atoms with Crippen molar-refractivity contribution in [2.24, 2.45) is 0 Å². The average molecular weight is 263 g/mol. The summed E-state index contributed by atoms with van der Waals surface area (Å²) in [5, 5.41) is 2.10. The lowest BCUT2D eigenvalue weighted by molar-refractivity contribution is 0.679. The van der Waals surface area contributed by atoms with Crippen molar-refractivity contribution in [3.05, 3.63) is 40.6 Å². The van der Waals surface area contributed by atoms with Crippen molar-refractivity contribution in [3.8, 4) is 0 Å². The van der Waals surface area contributed by atoms with Crippen LogP contribution in [-0.4, -0.2) is 9.55 Å². The number of nitrogens with zero attached hydrogens (tertiary/aromatic N) is 2. The summed E-state index contributed by atoms with van der Waals surface area (Å²) in [7, 11) is 0. The fraction of sp³-hybridized carbons (Fsp3) is 0.300. The number of aryl methyl sites for hydroxylation is 2. The van der Waals surface area contributed by atoms with Gasteiger partial charge in [-0.2, -0.15) is 0 Å². The Balaban J connectivity index is 0.00000112. The van der Waals surface area contributed by atoms with E-state index in [1.807, 2.05) is 12.5 Å². The maximum Gasteiger partial charge on any atom is 0.0948 e. The molecule has 0 aliphatic heterocycles. The molecular formula is C10H12Cl2N2S. The summed E-state index contributed by atoms with van der Waals surface area (Å²) in [6.07, 6.45) is 4.71. The Morgan fingerprint density at radius 3 is 3.00 bits per heavy atom. The van der Waals surface area contributed by atoms with Crippen molar-refractivity contribution >= 4 is 35.3 Å². The molecule has 2 heterocycles. The molecule has 0 atom stereocenters. The molecule has 0 aliphatic carbocycles. The third kappa shape index (κ3) is 3.23. The van der Waals surface area contributed by atoms with Gasteiger partial charge in [0, 0.05) is 17.6 Å². The molecule has 2 aromatic rings. The Labute approximate surface area is 104 Å². The highest BCUT2D eigenvalue weighted by molar-refractivity contribution is 7.09. The summed E-state index contributed by atoms with van der Waals surface area (Å²) in [5.74, 6) is 0.532. The quantitative estimate of drug-likeness (QED) is 0.773. The van der Waals surface area contributed by atoms with E-state index in [-0.39, 0.29) is 12.4 Å². The van der Waals surface area contributed by atoms with Crippen LogP contribution in [0.5, 0.6) is 0 Å². The molecule has 15 heavy (non-hydrogen) atoms. The molecular weight excluding hydrogens is 251 g/mol. The molecule has 82 valence electrons. The van der Waals surface area contributed by atoms with E-state index in [1.54, 1.807) is 11.3 Å².